The van der Waals surface area contributed by atoms with Crippen LogP contribution < -0.4 is 0 Å². The van der Waals surface area contributed by atoms with Crippen molar-refractivity contribution in [2.75, 3.05) is 0 Å². The average Bonchev–Trinajstić information content (AvgIpc) is 3.00. The molecule has 0 aliphatic carbocycles. The Kier molecular flexibility index (Phi) is 3.19. The molecule has 0 atom stereocenters. The highest BCUT2D eigenvalue weighted by Crippen LogP contribution is 2.18. The van der Waals surface area contributed by atoms with Gasteiger partial charge < -0.3 is 0 Å². The summed E-state index contributed by atoms with van der Waals surface area (Å²) in [7, 11) is 0. The fraction of sp³-hybridized carbons (Fsp3) is 0. The number of hydrogen-bond donors (Lipinski definition) is 0. The van der Waals surface area contributed by atoms with E-state index in [1.165, 1.54) is 11.1 Å². The van der Waals surface area contributed by atoms with Gasteiger partial charge in [-0.25, -0.2) is 9.66 Å². The molecule has 0 saturated heterocycles. The van der Waals surface area contributed by atoms with E-state index in [1.807, 2.05) is 24.4 Å². The first-order chi connectivity index (χ1) is 9.42. The van der Waals surface area contributed by atoms with Crippen LogP contribution in [0.5, 0.6) is 0 Å². The highest BCUT2D eigenvalue weighted by molar-refractivity contribution is 5.80. The average molecular weight is 247 g/mol. The van der Waals surface area contributed by atoms with Crippen LogP contribution in [0, 0.1) is 0 Å². The van der Waals surface area contributed by atoms with Crippen molar-refractivity contribution in [3.63, 3.8) is 0 Å². The van der Waals surface area contributed by atoms with Gasteiger partial charge in [0, 0.05) is 12.4 Å². The van der Waals surface area contributed by atoms with Crippen molar-refractivity contribution in [2.24, 2.45) is 5.10 Å². The molecule has 2 aromatic carbocycles. The van der Waals surface area contributed by atoms with E-state index in [9.17, 15) is 0 Å². The predicted molar refractivity (Wildman–Crippen MR) is 77.1 cm³/mol. The van der Waals surface area contributed by atoms with Gasteiger partial charge in [0.25, 0.3) is 0 Å². The molecule has 3 heteroatoms. The number of nitrogens with zero attached hydrogens (tertiary/aromatic N) is 3. The molecular formula is C16H13N3. The third kappa shape index (κ3) is 2.77. The molecule has 92 valence electrons. The number of imidazole rings is 1. The third-order valence-corrected chi connectivity index (χ3v) is 2.85. The van der Waals surface area contributed by atoms with Gasteiger partial charge in [0.1, 0.15) is 6.33 Å². The molecule has 1 aromatic heterocycles. The minimum Gasteiger partial charge on any atom is -0.243 e. The maximum Gasteiger partial charge on any atom is 0.116 e. The van der Waals surface area contributed by atoms with Gasteiger partial charge in [-0.1, -0.05) is 54.6 Å². The molecule has 0 amide bonds. The molecule has 3 nitrogen and oxygen atoms in total. The SMILES string of the molecule is C(=N\n1ccnc1)/c1ccc(-c2ccccc2)cc1. The lowest BCUT2D eigenvalue weighted by atomic mass is 10.0. The molecule has 3 aromatic rings. The zero-order chi connectivity index (χ0) is 12.9. The first-order valence-corrected chi connectivity index (χ1v) is 6.10. The van der Waals surface area contributed by atoms with Crippen molar-refractivity contribution in [1.29, 1.82) is 0 Å². The number of aromatic nitrogens is 2. The molecule has 0 bridgehead atoms. The van der Waals surface area contributed by atoms with E-state index in [0.717, 1.165) is 5.56 Å². The van der Waals surface area contributed by atoms with E-state index in [0.29, 0.717) is 0 Å². The molecule has 0 N–H and O–H groups in total. The fourth-order valence-corrected chi connectivity index (χ4v) is 1.85. The van der Waals surface area contributed by atoms with Crippen LogP contribution in [-0.4, -0.2) is 15.9 Å². The zero-order valence-electron chi connectivity index (χ0n) is 10.3. The van der Waals surface area contributed by atoms with Crippen LogP contribution in [0.2, 0.25) is 0 Å². The minimum absolute atomic E-state index is 1.06. The van der Waals surface area contributed by atoms with Gasteiger partial charge in [-0.05, 0) is 16.7 Å². The number of hydrogen-bond acceptors (Lipinski definition) is 2. The Morgan fingerprint density at radius 3 is 2.32 bits per heavy atom. The summed E-state index contributed by atoms with van der Waals surface area (Å²) in [6.07, 6.45) is 6.98. The maximum atomic E-state index is 4.27. The molecule has 0 aliphatic rings. The Morgan fingerprint density at radius 2 is 1.63 bits per heavy atom. The van der Waals surface area contributed by atoms with Crippen molar-refractivity contribution in [3.05, 3.63) is 78.9 Å². The van der Waals surface area contributed by atoms with Crippen LogP contribution in [0.1, 0.15) is 5.56 Å². The van der Waals surface area contributed by atoms with Gasteiger partial charge >= 0.3 is 0 Å². The van der Waals surface area contributed by atoms with E-state index in [-0.39, 0.29) is 0 Å². The van der Waals surface area contributed by atoms with Gasteiger partial charge in [-0.3, -0.25) is 0 Å². The van der Waals surface area contributed by atoms with Crippen LogP contribution in [0.4, 0.5) is 0 Å². The Labute approximate surface area is 111 Å². The van der Waals surface area contributed by atoms with Gasteiger partial charge in [-0.2, -0.15) is 5.10 Å². The molecular weight excluding hydrogens is 234 g/mol. The smallest absolute Gasteiger partial charge is 0.116 e. The Morgan fingerprint density at radius 1 is 0.895 bits per heavy atom. The van der Waals surface area contributed by atoms with E-state index in [2.05, 4.69) is 46.5 Å². The van der Waals surface area contributed by atoms with Crippen molar-refractivity contribution in [2.45, 2.75) is 0 Å². The molecule has 0 radical (unpaired) electrons. The summed E-state index contributed by atoms with van der Waals surface area (Å²) in [4.78, 5) is 3.94. The van der Waals surface area contributed by atoms with Crippen molar-refractivity contribution >= 4 is 6.21 Å². The monoisotopic (exact) mass is 247 g/mol. The van der Waals surface area contributed by atoms with Crippen LogP contribution in [0.25, 0.3) is 11.1 Å². The summed E-state index contributed by atoms with van der Waals surface area (Å²) in [6.45, 7) is 0. The zero-order valence-corrected chi connectivity index (χ0v) is 10.3. The molecule has 0 unspecified atom stereocenters. The molecule has 0 fully saturated rings. The van der Waals surface area contributed by atoms with Crippen LogP contribution >= 0.6 is 0 Å². The Balaban J connectivity index is 1.80. The second-order valence-electron chi connectivity index (χ2n) is 4.18. The first-order valence-electron chi connectivity index (χ1n) is 6.10. The minimum atomic E-state index is 1.06. The Bertz CT molecular complexity index is 653. The topological polar surface area (TPSA) is 30.2 Å². The lowest BCUT2D eigenvalue weighted by molar-refractivity contribution is 0.882. The number of rotatable bonds is 3. The molecule has 0 aliphatic heterocycles. The van der Waals surface area contributed by atoms with Gasteiger partial charge in [-0.15, -0.1) is 0 Å². The summed E-state index contributed by atoms with van der Waals surface area (Å²) in [5.74, 6) is 0. The fourth-order valence-electron chi connectivity index (χ4n) is 1.85. The van der Waals surface area contributed by atoms with Crippen molar-refractivity contribution < 1.29 is 0 Å². The quantitative estimate of drug-likeness (QED) is 0.652. The highest BCUT2D eigenvalue weighted by atomic mass is 15.3. The summed E-state index contributed by atoms with van der Waals surface area (Å²) in [5, 5.41) is 4.27. The summed E-state index contributed by atoms with van der Waals surface area (Å²) < 4.78 is 1.67. The predicted octanol–water partition coefficient (Wildman–Crippen LogP) is 3.43. The van der Waals surface area contributed by atoms with E-state index in [1.54, 1.807) is 23.4 Å². The normalized spacial score (nSPS) is 10.9. The second kappa shape index (κ2) is 5.31. The standard InChI is InChI=1S/C16H13N3/c1-2-4-15(5-3-1)16-8-6-14(7-9-16)12-18-19-11-10-17-13-19/h1-13H/b18-12+. The molecule has 0 spiro atoms. The molecule has 19 heavy (non-hydrogen) atoms. The van der Waals surface area contributed by atoms with E-state index in [4.69, 9.17) is 0 Å². The Hall–Kier alpha value is -2.68. The van der Waals surface area contributed by atoms with Gasteiger partial charge in [0.2, 0.25) is 0 Å². The summed E-state index contributed by atoms with van der Waals surface area (Å²) >= 11 is 0. The van der Waals surface area contributed by atoms with Crippen molar-refractivity contribution in [1.82, 2.24) is 9.66 Å². The van der Waals surface area contributed by atoms with Crippen LogP contribution in [0.15, 0.2) is 78.4 Å². The lowest BCUT2D eigenvalue weighted by Crippen LogP contribution is -1.87. The highest BCUT2D eigenvalue weighted by Gasteiger charge is 1.95. The third-order valence-electron chi connectivity index (χ3n) is 2.85. The summed E-state index contributed by atoms with van der Waals surface area (Å²) in [6, 6.07) is 18.6. The van der Waals surface area contributed by atoms with Gasteiger partial charge in [0.05, 0.1) is 6.21 Å². The largest absolute Gasteiger partial charge is 0.243 e. The summed E-state index contributed by atoms with van der Waals surface area (Å²) in [5.41, 5.74) is 3.49. The van der Waals surface area contributed by atoms with Crippen LogP contribution in [0.3, 0.4) is 0 Å². The lowest BCUT2D eigenvalue weighted by Gasteiger charge is -2.01. The van der Waals surface area contributed by atoms with E-state index < -0.39 is 0 Å². The second-order valence-corrected chi connectivity index (χ2v) is 4.18. The van der Waals surface area contributed by atoms with Gasteiger partial charge in [0.15, 0.2) is 0 Å². The molecule has 3 rings (SSSR count). The first kappa shape index (κ1) is 11.4. The molecule has 1 heterocycles. The molecule has 0 saturated carbocycles. The van der Waals surface area contributed by atoms with Crippen molar-refractivity contribution in [3.8, 4) is 11.1 Å². The van der Waals surface area contributed by atoms with Crippen LogP contribution in [-0.2, 0) is 0 Å². The maximum absolute atomic E-state index is 4.27. The number of benzene rings is 2. The van der Waals surface area contributed by atoms with E-state index >= 15 is 0 Å².